The molecule has 28 heavy (non-hydrogen) atoms. The van der Waals surface area contributed by atoms with E-state index < -0.39 is 0 Å². The summed E-state index contributed by atoms with van der Waals surface area (Å²) < 4.78 is 0. The molecule has 3 aromatic rings. The van der Waals surface area contributed by atoms with Gasteiger partial charge >= 0.3 is 0 Å². The van der Waals surface area contributed by atoms with Crippen molar-refractivity contribution in [2.45, 2.75) is 12.3 Å². The minimum Gasteiger partial charge on any atom is -0.302 e. The lowest BCUT2D eigenvalue weighted by atomic mass is 10.1. The van der Waals surface area contributed by atoms with Gasteiger partial charge in [-0.1, -0.05) is 36.4 Å². The number of nitrogens with one attached hydrogen (secondary N) is 4. The van der Waals surface area contributed by atoms with Gasteiger partial charge in [-0.3, -0.25) is 9.97 Å². The van der Waals surface area contributed by atoms with Gasteiger partial charge in [0.2, 0.25) is 0 Å². The molecule has 4 N–H and O–H groups in total. The molecule has 0 radical (unpaired) electrons. The molecule has 2 atom stereocenters. The predicted molar refractivity (Wildman–Crippen MR) is 106 cm³/mol. The first kappa shape index (κ1) is 16.5. The second-order valence-corrected chi connectivity index (χ2v) is 6.40. The maximum absolute atomic E-state index is 4.68. The Hall–Kier alpha value is -3.62. The number of hydrogen-bond donors (Lipinski definition) is 4. The second-order valence-electron chi connectivity index (χ2n) is 6.40. The monoisotopic (exact) mass is 370 g/mol. The van der Waals surface area contributed by atoms with E-state index >= 15 is 0 Å². The Balaban J connectivity index is 1.32. The molecular weight excluding hydrogens is 352 g/mol. The average molecular weight is 370 g/mol. The first-order valence-corrected chi connectivity index (χ1v) is 8.98. The van der Waals surface area contributed by atoms with Gasteiger partial charge in [-0.15, -0.1) is 0 Å². The zero-order valence-corrected chi connectivity index (χ0v) is 14.9. The van der Waals surface area contributed by atoms with Crippen LogP contribution in [0.5, 0.6) is 0 Å². The molecule has 2 aliphatic rings. The van der Waals surface area contributed by atoms with Crippen LogP contribution in [0.3, 0.4) is 0 Å². The largest absolute Gasteiger partial charge is 0.302 e. The van der Waals surface area contributed by atoms with Crippen LogP contribution in [0, 0.1) is 0 Å². The minimum atomic E-state index is -0.159. The quantitative estimate of drug-likeness (QED) is 0.557. The Kier molecular flexibility index (Phi) is 4.24. The number of aromatic nitrogens is 2. The van der Waals surface area contributed by atoms with Crippen LogP contribution in [0.4, 0.5) is 0 Å². The van der Waals surface area contributed by atoms with E-state index in [-0.39, 0.29) is 12.3 Å². The fourth-order valence-corrected chi connectivity index (χ4v) is 3.10. The molecule has 0 spiro atoms. The third-order valence-electron chi connectivity index (χ3n) is 4.55. The zero-order chi connectivity index (χ0) is 18.8. The molecule has 5 rings (SSSR count). The highest BCUT2D eigenvalue weighted by molar-refractivity contribution is 5.98. The normalized spacial score (nSPS) is 20.9. The van der Waals surface area contributed by atoms with E-state index in [9.17, 15) is 0 Å². The molecule has 0 saturated carbocycles. The fourth-order valence-electron chi connectivity index (χ4n) is 3.10. The number of nitrogens with zero attached hydrogens (tertiary/aromatic N) is 4. The molecular formula is C20H18N8. The van der Waals surface area contributed by atoms with Crippen LogP contribution in [-0.4, -0.2) is 21.6 Å². The summed E-state index contributed by atoms with van der Waals surface area (Å²) in [6.45, 7) is 0. The highest BCUT2D eigenvalue weighted by atomic mass is 15.5. The molecule has 0 amide bonds. The van der Waals surface area contributed by atoms with E-state index in [4.69, 9.17) is 0 Å². The summed E-state index contributed by atoms with van der Waals surface area (Å²) >= 11 is 0. The number of benzene rings is 1. The predicted octanol–water partition coefficient (Wildman–Crippen LogP) is 1.58. The lowest BCUT2D eigenvalue weighted by Gasteiger charge is -2.11. The smallest absolute Gasteiger partial charge is 0.163 e. The SMILES string of the molecule is c1ccc(C2=NC(c3ccc(C4N=C(c5ccccn5)NN4)cc3)NN2)nc1. The Bertz CT molecular complexity index is 931. The fraction of sp³-hybridized carbons (Fsp3) is 0.100. The zero-order valence-electron chi connectivity index (χ0n) is 14.9. The highest BCUT2D eigenvalue weighted by Crippen LogP contribution is 2.23. The van der Waals surface area contributed by atoms with Gasteiger partial charge in [-0.05, 0) is 35.4 Å². The number of hydrazine groups is 2. The van der Waals surface area contributed by atoms with E-state index in [0.717, 1.165) is 34.2 Å². The molecule has 4 heterocycles. The third kappa shape index (κ3) is 3.22. The summed E-state index contributed by atoms with van der Waals surface area (Å²) in [5.74, 6) is 1.47. The Morgan fingerprint density at radius 2 is 1.04 bits per heavy atom. The van der Waals surface area contributed by atoms with Crippen molar-refractivity contribution in [3.05, 3.63) is 95.6 Å². The molecule has 0 fully saturated rings. The van der Waals surface area contributed by atoms with Crippen molar-refractivity contribution in [1.29, 1.82) is 0 Å². The summed E-state index contributed by atoms with van der Waals surface area (Å²) in [5.41, 5.74) is 16.3. The maximum Gasteiger partial charge on any atom is 0.163 e. The molecule has 8 nitrogen and oxygen atoms in total. The van der Waals surface area contributed by atoms with Crippen LogP contribution in [0.25, 0.3) is 0 Å². The van der Waals surface area contributed by atoms with Crippen molar-refractivity contribution in [2.24, 2.45) is 9.98 Å². The van der Waals surface area contributed by atoms with E-state index in [1.807, 2.05) is 36.4 Å². The van der Waals surface area contributed by atoms with Crippen molar-refractivity contribution in [3.63, 3.8) is 0 Å². The van der Waals surface area contributed by atoms with Gasteiger partial charge in [0.05, 0.1) is 0 Å². The molecule has 1 aromatic carbocycles. The molecule has 0 saturated heterocycles. The molecule has 138 valence electrons. The van der Waals surface area contributed by atoms with Crippen LogP contribution in [0.2, 0.25) is 0 Å². The molecule has 0 bridgehead atoms. The molecule has 2 unspecified atom stereocenters. The van der Waals surface area contributed by atoms with Crippen molar-refractivity contribution in [3.8, 4) is 0 Å². The van der Waals surface area contributed by atoms with Gasteiger partial charge in [0, 0.05) is 12.4 Å². The number of amidine groups is 2. The van der Waals surface area contributed by atoms with Crippen molar-refractivity contribution >= 4 is 11.7 Å². The van der Waals surface area contributed by atoms with Crippen molar-refractivity contribution < 1.29 is 0 Å². The molecule has 8 heteroatoms. The van der Waals surface area contributed by atoms with E-state index in [1.54, 1.807) is 12.4 Å². The highest BCUT2D eigenvalue weighted by Gasteiger charge is 2.22. The van der Waals surface area contributed by atoms with Gasteiger partial charge < -0.3 is 10.9 Å². The Labute approximate surface area is 161 Å². The molecule has 2 aromatic heterocycles. The summed E-state index contributed by atoms with van der Waals surface area (Å²) in [4.78, 5) is 18.0. The van der Waals surface area contributed by atoms with Crippen molar-refractivity contribution in [1.82, 2.24) is 31.7 Å². The first-order chi connectivity index (χ1) is 13.9. The molecule has 2 aliphatic heterocycles. The summed E-state index contributed by atoms with van der Waals surface area (Å²) in [6.07, 6.45) is 3.19. The number of hydrogen-bond acceptors (Lipinski definition) is 8. The number of rotatable bonds is 4. The minimum absolute atomic E-state index is 0.159. The lowest BCUT2D eigenvalue weighted by molar-refractivity contribution is 0.566. The van der Waals surface area contributed by atoms with Gasteiger partial charge in [0.25, 0.3) is 0 Å². The van der Waals surface area contributed by atoms with E-state index in [1.165, 1.54) is 0 Å². The van der Waals surface area contributed by atoms with Crippen molar-refractivity contribution in [2.75, 3.05) is 0 Å². The van der Waals surface area contributed by atoms with Crippen LogP contribution in [0.1, 0.15) is 34.8 Å². The Morgan fingerprint density at radius 1 is 0.571 bits per heavy atom. The summed E-state index contributed by atoms with van der Waals surface area (Å²) in [7, 11) is 0. The number of pyridine rings is 2. The maximum atomic E-state index is 4.68. The van der Waals surface area contributed by atoms with Crippen LogP contribution >= 0.6 is 0 Å². The Morgan fingerprint density at radius 3 is 1.43 bits per heavy atom. The topological polar surface area (TPSA) is 98.6 Å². The third-order valence-corrected chi connectivity index (χ3v) is 4.55. The standard InChI is InChI=1S/C20H18N8/c1-3-11-21-15(5-1)19-23-17(25-27-19)13-7-9-14(10-8-13)18-24-20(28-26-18)16-6-2-4-12-22-16/h1-12,17-18,25-26H,(H,23,27)(H,24,28). The average Bonchev–Trinajstić information content (AvgIpc) is 3.46. The van der Waals surface area contributed by atoms with E-state index in [2.05, 4.69) is 65.9 Å². The summed E-state index contributed by atoms with van der Waals surface area (Å²) in [6, 6.07) is 19.7. The molecule has 0 aliphatic carbocycles. The van der Waals surface area contributed by atoms with Crippen LogP contribution in [0.15, 0.2) is 83.0 Å². The number of aliphatic imine (C=N–C) groups is 2. The van der Waals surface area contributed by atoms with Gasteiger partial charge in [0.1, 0.15) is 23.7 Å². The van der Waals surface area contributed by atoms with Gasteiger partial charge in [-0.25, -0.2) is 20.8 Å². The van der Waals surface area contributed by atoms with Gasteiger partial charge in [0.15, 0.2) is 11.7 Å². The lowest BCUT2D eigenvalue weighted by Crippen LogP contribution is -2.32. The van der Waals surface area contributed by atoms with Crippen LogP contribution < -0.4 is 21.7 Å². The van der Waals surface area contributed by atoms with E-state index in [0.29, 0.717) is 0 Å². The van der Waals surface area contributed by atoms with Gasteiger partial charge in [-0.2, -0.15) is 0 Å². The second kappa shape index (κ2) is 7.18. The summed E-state index contributed by atoms with van der Waals surface area (Å²) in [5, 5.41) is 0. The van der Waals surface area contributed by atoms with Crippen LogP contribution in [-0.2, 0) is 0 Å². The first-order valence-electron chi connectivity index (χ1n) is 8.98.